The number of aliphatic carboxylic acids is 1. The van der Waals surface area contributed by atoms with Gasteiger partial charge in [0.1, 0.15) is 5.60 Å². The lowest BCUT2D eigenvalue weighted by atomic mass is 9.62. The van der Waals surface area contributed by atoms with E-state index in [-0.39, 0.29) is 0 Å². The maximum atomic E-state index is 11.6. The normalized spacial score (nSPS) is 22.0. The van der Waals surface area contributed by atoms with Gasteiger partial charge in [0.05, 0.1) is 11.6 Å². The molecule has 2 aromatic heterocycles. The van der Waals surface area contributed by atoms with Crippen molar-refractivity contribution in [3.05, 3.63) is 65.7 Å². The minimum atomic E-state index is -1.13. The second-order valence-corrected chi connectivity index (χ2v) is 9.79. The summed E-state index contributed by atoms with van der Waals surface area (Å²) in [5, 5.41) is 24.1. The first-order valence-electron chi connectivity index (χ1n) is 11.2. The summed E-state index contributed by atoms with van der Waals surface area (Å²) in [6, 6.07) is 11.8. The van der Waals surface area contributed by atoms with Gasteiger partial charge >= 0.3 is 5.97 Å². The fourth-order valence-electron chi connectivity index (χ4n) is 4.92. The molecule has 172 valence electrons. The van der Waals surface area contributed by atoms with Crippen molar-refractivity contribution in [3.63, 3.8) is 0 Å². The Morgan fingerprint density at radius 1 is 1.09 bits per heavy atom. The van der Waals surface area contributed by atoms with Gasteiger partial charge < -0.3 is 15.5 Å². The molecular formula is C26H30N4O3. The maximum absolute atomic E-state index is 11.6. The van der Waals surface area contributed by atoms with Crippen LogP contribution in [0.5, 0.6) is 0 Å². The fourth-order valence-corrected chi connectivity index (χ4v) is 4.92. The number of aromatic nitrogens is 3. The number of rotatable bonds is 5. The minimum absolute atomic E-state index is 0.359. The van der Waals surface area contributed by atoms with E-state index in [2.05, 4.69) is 26.3 Å². The Hall–Kier alpha value is -3.32. The smallest absolute Gasteiger partial charge is 0.307 e. The van der Waals surface area contributed by atoms with Crippen molar-refractivity contribution in [2.24, 2.45) is 11.3 Å². The zero-order valence-electron chi connectivity index (χ0n) is 19.5. The van der Waals surface area contributed by atoms with Crippen molar-refractivity contribution in [1.82, 2.24) is 15.0 Å². The first-order chi connectivity index (χ1) is 15.6. The first kappa shape index (κ1) is 22.9. The third-order valence-corrected chi connectivity index (χ3v) is 6.54. The van der Waals surface area contributed by atoms with E-state index >= 15 is 0 Å². The molecule has 3 N–H and O–H groups in total. The molecule has 2 unspecified atom stereocenters. The van der Waals surface area contributed by atoms with Gasteiger partial charge in [0.15, 0.2) is 0 Å². The number of aliphatic hydroxyl groups is 1. The average molecular weight is 447 g/mol. The van der Waals surface area contributed by atoms with Crippen molar-refractivity contribution in [1.29, 1.82) is 0 Å². The molecule has 0 aliphatic heterocycles. The number of anilines is 2. The molecule has 0 radical (unpaired) electrons. The molecule has 0 spiro atoms. The zero-order chi connectivity index (χ0) is 23.8. The van der Waals surface area contributed by atoms with E-state index in [1.165, 1.54) is 0 Å². The van der Waals surface area contributed by atoms with E-state index in [1.54, 1.807) is 12.4 Å². The topological polar surface area (TPSA) is 108 Å². The van der Waals surface area contributed by atoms with Crippen LogP contribution in [0.15, 0.2) is 48.8 Å². The summed E-state index contributed by atoms with van der Waals surface area (Å²) in [5.74, 6) is -0.722. The van der Waals surface area contributed by atoms with Crippen molar-refractivity contribution < 1.29 is 15.0 Å². The van der Waals surface area contributed by atoms with E-state index in [1.807, 2.05) is 58.0 Å². The molecule has 4 rings (SSSR count). The van der Waals surface area contributed by atoms with Crippen molar-refractivity contribution in [3.8, 4) is 11.1 Å². The predicted molar refractivity (Wildman–Crippen MR) is 127 cm³/mol. The second kappa shape index (κ2) is 8.56. The summed E-state index contributed by atoms with van der Waals surface area (Å²) in [6.07, 6.45) is 4.66. The highest BCUT2D eigenvalue weighted by molar-refractivity contribution is 5.72. The van der Waals surface area contributed by atoms with Crippen LogP contribution in [0.2, 0.25) is 0 Å². The Kier molecular flexibility index (Phi) is 5.93. The molecule has 0 bridgehead atoms. The summed E-state index contributed by atoms with van der Waals surface area (Å²) >= 11 is 0. The van der Waals surface area contributed by atoms with Crippen LogP contribution in [0.1, 0.15) is 50.1 Å². The van der Waals surface area contributed by atoms with Crippen LogP contribution in [0, 0.1) is 25.2 Å². The number of carboxylic acid groups (broad SMARTS) is 1. The quantitative estimate of drug-likeness (QED) is 0.506. The zero-order valence-corrected chi connectivity index (χ0v) is 19.5. The van der Waals surface area contributed by atoms with Gasteiger partial charge in [-0.05, 0) is 73.9 Å². The number of carboxylic acids is 1. The summed E-state index contributed by atoms with van der Waals surface area (Å²) in [6.45, 7) is 7.76. The summed E-state index contributed by atoms with van der Waals surface area (Å²) in [7, 11) is 0. The molecule has 0 amide bonds. The average Bonchev–Trinajstić information content (AvgIpc) is 2.72. The number of hydrogen-bond donors (Lipinski definition) is 3. The summed E-state index contributed by atoms with van der Waals surface area (Å²) in [4.78, 5) is 24.9. The van der Waals surface area contributed by atoms with Gasteiger partial charge in [-0.25, -0.2) is 9.97 Å². The Balaban J connectivity index is 1.57. The third kappa shape index (κ3) is 4.88. The third-order valence-electron chi connectivity index (χ3n) is 6.54. The lowest BCUT2D eigenvalue weighted by molar-refractivity contribution is -0.154. The summed E-state index contributed by atoms with van der Waals surface area (Å²) in [5.41, 5.74) is 3.71. The van der Waals surface area contributed by atoms with Crippen molar-refractivity contribution in [2.75, 3.05) is 5.32 Å². The van der Waals surface area contributed by atoms with E-state index in [4.69, 9.17) is 0 Å². The lowest BCUT2D eigenvalue weighted by Crippen LogP contribution is -2.45. The van der Waals surface area contributed by atoms with Crippen molar-refractivity contribution in [2.45, 2.75) is 52.6 Å². The van der Waals surface area contributed by atoms with Gasteiger partial charge in [0, 0.05) is 29.3 Å². The highest BCUT2D eigenvalue weighted by Gasteiger charge is 2.48. The Morgan fingerprint density at radius 2 is 1.88 bits per heavy atom. The monoisotopic (exact) mass is 446 g/mol. The van der Waals surface area contributed by atoms with Crippen LogP contribution < -0.4 is 5.32 Å². The van der Waals surface area contributed by atoms with Crippen LogP contribution in [0.25, 0.3) is 11.1 Å². The number of nitrogens with one attached hydrogen (secondary N) is 1. The molecule has 33 heavy (non-hydrogen) atoms. The molecule has 0 saturated heterocycles. The molecule has 2 atom stereocenters. The van der Waals surface area contributed by atoms with Gasteiger partial charge in [0.25, 0.3) is 0 Å². The minimum Gasteiger partial charge on any atom is -0.481 e. The Morgan fingerprint density at radius 3 is 2.52 bits per heavy atom. The molecule has 7 heteroatoms. The van der Waals surface area contributed by atoms with E-state index in [0.29, 0.717) is 30.9 Å². The van der Waals surface area contributed by atoms with Crippen LogP contribution in [-0.2, 0) is 10.4 Å². The number of pyridine rings is 1. The molecule has 3 aromatic rings. The van der Waals surface area contributed by atoms with Gasteiger partial charge in [-0.1, -0.05) is 26.0 Å². The predicted octanol–water partition coefficient (Wildman–Crippen LogP) is 5.00. The largest absolute Gasteiger partial charge is 0.481 e. The molecule has 7 nitrogen and oxygen atoms in total. The van der Waals surface area contributed by atoms with Gasteiger partial charge in [-0.15, -0.1) is 0 Å². The van der Waals surface area contributed by atoms with E-state index in [0.717, 1.165) is 28.1 Å². The lowest BCUT2D eigenvalue weighted by Gasteiger charge is -2.44. The summed E-state index contributed by atoms with van der Waals surface area (Å²) < 4.78 is 0. The number of aryl methyl sites for hydroxylation is 2. The van der Waals surface area contributed by atoms with Gasteiger partial charge in [0.2, 0.25) is 5.95 Å². The van der Waals surface area contributed by atoms with Crippen LogP contribution in [-0.4, -0.2) is 31.1 Å². The number of nitrogens with zero attached hydrogens (tertiary/aromatic N) is 3. The Labute approximate surface area is 194 Å². The van der Waals surface area contributed by atoms with Crippen LogP contribution in [0.4, 0.5) is 11.6 Å². The number of benzene rings is 1. The molecule has 1 saturated carbocycles. The highest BCUT2D eigenvalue weighted by atomic mass is 16.4. The Bertz CT molecular complexity index is 1180. The van der Waals surface area contributed by atoms with Gasteiger partial charge in [-0.3, -0.25) is 9.78 Å². The second-order valence-electron chi connectivity index (χ2n) is 9.79. The van der Waals surface area contributed by atoms with Crippen LogP contribution in [0.3, 0.4) is 0 Å². The van der Waals surface area contributed by atoms with Gasteiger partial charge in [-0.2, -0.15) is 0 Å². The maximum Gasteiger partial charge on any atom is 0.307 e. The van der Waals surface area contributed by atoms with Crippen molar-refractivity contribution >= 4 is 17.6 Å². The number of carbonyl (C=O) groups is 1. The molecule has 2 heterocycles. The van der Waals surface area contributed by atoms with E-state index < -0.39 is 22.9 Å². The number of hydrogen-bond acceptors (Lipinski definition) is 6. The van der Waals surface area contributed by atoms with E-state index in [9.17, 15) is 15.0 Å². The fraction of sp³-hybridized carbons (Fsp3) is 0.385. The first-order valence-corrected chi connectivity index (χ1v) is 11.2. The molecule has 1 aliphatic carbocycles. The highest BCUT2D eigenvalue weighted by Crippen LogP contribution is 2.49. The molecule has 1 aromatic carbocycles. The molecule has 1 aliphatic rings. The SMILES string of the molecule is Cc1cc(Nc2nccc(C)n2)cc(-c2ccc(C3(O)CCC(C(=O)O)C(C)(C)C3)nc2)c1. The molecular weight excluding hydrogens is 416 g/mol. The molecule has 1 fully saturated rings. The van der Waals surface area contributed by atoms with Crippen LogP contribution >= 0.6 is 0 Å². The standard InChI is InChI=1S/C26H30N4O3/c1-16-11-19(13-20(12-16)30-24-27-10-8-17(2)29-24)18-5-6-22(28-14-18)26(33)9-7-21(23(31)32)25(3,4)15-26/h5-6,8,10-14,21,33H,7,9,15H2,1-4H3,(H,31,32)(H,27,29,30).